The molecule has 0 aliphatic carbocycles. The number of aliphatic imine (C=N–C) groups is 1. The number of halogens is 4. The van der Waals surface area contributed by atoms with Crippen LogP contribution in [0, 0.1) is 11.7 Å². The predicted molar refractivity (Wildman–Crippen MR) is 131 cm³/mol. The third-order valence-corrected chi connectivity index (χ3v) is 7.39. The third kappa shape index (κ3) is 6.12. The maximum absolute atomic E-state index is 15.1. The molecule has 1 aliphatic heterocycles. The van der Waals surface area contributed by atoms with Crippen LogP contribution in [0.25, 0.3) is 0 Å². The minimum atomic E-state index is -4.55. The number of hydrogen-bond acceptors (Lipinski definition) is 8. The summed E-state index contributed by atoms with van der Waals surface area (Å²) in [5.74, 6) is -2.53. The molecule has 3 atom stereocenters. The normalized spacial score (nSPS) is 23.7. The number of amidine groups is 1. The monoisotopic (exact) mass is 542 g/mol. The molecule has 0 unspecified atom stereocenters. The molecule has 1 aliphatic rings. The highest BCUT2D eigenvalue weighted by Crippen LogP contribution is 2.50. The van der Waals surface area contributed by atoms with Gasteiger partial charge in [0, 0.05) is 23.7 Å². The number of alkyl halides is 3. The summed E-state index contributed by atoms with van der Waals surface area (Å²) in [6.45, 7) is 5.81. The van der Waals surface area contributed by atoms with Gasteiger partial charge in [-0.2, -0.15) is 13.2 Å². The van der Waals surface area contributed by atoms with Crippen LogP contribution in [0.2, 0.25) is 0 Å². The number of benzene rings is 1. The Morgan fingerprint density at radius 2 is 1.92 bits per heavy atom. The number of nitrogens with one attached hydrogen (secondary N) is 2. The molecule has 0 radical (unpaired) electrons. The van der Waals surface area contributed by atoms with Gasteiger partial charge >= 0.3 is 6.18 Å². The fourth-order valence-electron chi connectivity index (χ4n) is 3.91. The number of carbonyl (C=O) groups excluding carboxylic acids is 2. The summed E-state index contributed by atoms with van der Waals surface area (Å²) >= 11 is 1.10. The second-order valence-electron chi connectivity index (χ2n) is 8.68. The molecule has 2 amide bonds. The Bertz CT molecular complexity index is 1210. The lowest BCUT2D eigenvalue weighted by molar-refractivity contribution is -0.154. The Morgan fingerprint density at radius 1 is 1.22 bits per heavy atom. The highest BCUT2D eigenvalue weighted by atomic mass is 32.2. The molecule has 37 heavy (non-hydrogen) atoms. The fraction of sp³-hybridized carbons (Fsp3) is 0.435. The van der Waals surface area contributed by atoms with E-state index in [4.69, 9.17) is 5.73 Å². The Morgan fingerprint density at radius 3 is 2.51 bits per heavy atom. The smallest absolute Gasteiger partial charge is 0.422 e. The molecule has 0 fully saturated rings. The van der Waals surface area contributed by atoms with Gasteiger partial charge in [-0.15, -0.1) is 0 Å². The second kappa shape index (κ2) is 10.5. The number of nitrogens with zero attached hydrogens (tertiary/aromatic N) is 3. The lowest BCUT2D eigenvalue weighted by Crippen LogP contribution is -2.56. The second-order valence-corrected chi connectivity index (χ2v) is 10.2. The van der Waals surface area contributed by atoms with Crippen LogP contribution < -0.4 is 21.1 Å². The van der Waals surface area contributed by atoms with Gasteiger partial charge in [0.1, 0.15) is 16.3 Å². The van der Waals surface area contributed by atoms with Crippen molar-refractivity contribution in [2.75, 3.05) is 18.5 Å². The number of thioether (sulfide) groups is 1. The molecule has 0 spiro atoms. The van der Waals surface area contributed by atoms with E-state index in [9.17, 15) is 22.8 Å². The van der Waals surface area contributed by atoms with E-state index in [1.54, 1.807) is 27.7 Å². The summed E-state index contributed by atoms with van der Waals surface area (Å²) in [6.07, 6.45) is -2.70. The van der Waals surface area contributed by atoms with Crippen molar-refractivity contribution in [3.63, 3.8) is 0 Å². The van der Waals surface area contributed by atoms with E-state index in [-0.39, 0.29) is 28.0 Å². The van der Waals surface area contributed by atoms with Crippen LogP contribution in [-0.4, -0.2) is 51.0 Å². The summed E-state index contributed by atoms with van der Waals surface area (Å²) in [4.78, 5) is 37.5. The van der Waals surface area contributed by atoms with Crippen LogP contribution >= 0.6 is 11.8 Å². The zero-order chi connectivity index (χ0) is 27.6. The predicted octanol–water partition coefficient (Wildman–Crippen LogP) is 3.62. The van der Waals surface area contributed by atoms with E-state index in [0.717, 1.165) is 30.2 Å². The summed E-state index contributed by atoms with van der Waals surface area (Å²) in [6, 6.07) is 3.87. The molecule has 3 rings (SSSR count). The average molecular weight is 543 g/mol. The molecular weight excluding hydrogens is 516 g/mol. The summed E-state index contributed by atoms with van der Waals surface area (Å²) in [5.41, 5.74) is 4.92. The van der Waals surface area contributed by atoms with Crippen LogP contribution in [0.3, 0.4) is 0 Å². The molecule has 0 saturated carbocycles. The van der Waals surface area contributed by atoms with E-state index in [2.05, 4.69) is 30.3 Å². The lowest BCUT2D eigenvalue weighted by Gasteiger charge is -2.46. The van der Waals surface area contributed by atoms with Crippen LogP contribution in [0.4, 0.5) is 23.2 Å². The van der Waals surface area contributed by atoms with Gasteiger partial charge in [-0.05, 0) is 39.0 Å². The highest BCUT2D eigenvalue weighted by molar-refractivity contribution is 8.15. The molecule has 2 heterocycles. The standard InChI is InChI=1S/C23H26F4N6O3S/c1-5-29-19(35)22(4)12(2)21(3,33-20(28)37-22)14-8-13(6-7-15(14)24)32-18(34)16-9-31-17(10-30-16)36-11-23(25,26)27/h6-10,12H,5,11H2,1-4H3,(H2,28,33)(H,29,35)(H,32,34)/t12-,21-,22-/m0/s1. The van der Waals surface area contributed by atoms with Crippen LogP contribution in [-0.2, 0) is 10.3 Å². The molecule has 0 bridgehead atoms. The number of ether oxygens (including phenoxy) is 1. The number of aromatic nitrogens is 2. The minimum absolute atomic E-state index is 0.110. The Kier molecular flexibility index (Phi) is 8.00. The Hall–Kier alpha value is -3.42. The van der Waals surface area contributed by atoms with Crippen molar-refractivity contribution in [1.29, 1.82) is 0 Å². The van der Waals surface area contributed by atoms with E-state index < -0.39 is 46.6 Å². The van der Waals surface area contributed by atoms with Crippen molar-refractivity contribution >= 4 is 34.4 Å². The van der Waals surface area contributed by atoms with Gasteiger partial charge in [0.05, 0.1) is 17.9 Å². The molecule has 200 valence electrons. The van der Waals surface area contributed by atoms with Crippen molar-refractivity contribution in [3.8, 4) is 5.88 Å². The summed E-state index contributed by atoms with van der Waals surface area (Å²) < 4.78 is 55.4. The molecule has 14 heteroatoms. The first-order chi connectivity index (χ1) is 17.2. The van der Waals surface area contributed by atoms with Crippen molar-refractivity contribution in [2.45, 2.75) is 44.2 Å². The van der Waals surface area contributed by atoms with Crippen molar-refractivity contribution in [2.24, 2.45) is 16.6 Å². The maximum atomic E-state index is 15.1. The first kappa shape index (κ1) is 28.2. The van der Waals surface area contributed by atoms with Gasteiger partial charge in [0.2, 0.25) is 11.8 Å². The molecule has 1 aromatic carbocycles. The van der Waals surface area contributed by atoms with E-state index in [0.29, 0.717) is 6.54 Å². The average Bonchev–Trinajstić information content (AvgIpc) is 2.82. The zero-order valence-electron chi connectivity index (χ0n) is 20.4. The maximum Gasteiger partial charge on any atom is 0.422 e. The van der Waals surface area contributed by atoms with Crippen molar-refractivity contribution in [1.82, 2.24) is 15.3 Å². The van der Waals surface area contributed by atoms with E-state index in [1.165, 1.54) is 12.1 Å². The molecule has 4 N–H and O–H groups in total. The van der Waals surface area contributed by atoms with Crippen molar-refractivity contribution in [3.05, 3.63) is 47.7 Å². The van der Waals surface area contributed by atoms with Gasteiger partial charge in [-0.1, -0.05) is 18.7 Å². The molecule has 0 saturated heterocycles. The number of carbonyl (C=O) groups is 2. The van der Waals surface area contributed by atoms with Crippen molar-refractivity contribution < 1.29 is 31.9 Å². The number of amides is 2. The highest BCUT2D eigenvalue weighted by Gasteiger charge is 2.53. The quantitative estimate of drug-likeness (QED) is 0.456. The van der Waals surface area contributed by atoms with Gasteiger partial charge in [0.15, 0.2) is 11.8 Å². The van der Waals surface area contributed by atoms with E-state index in [1.807, 2.05) is 0 Å². The van der Waals surface area contributed by atoms with Crippen LogP contribution in [0.1, 0.15) is 43.7 Å². The summed E-state index contributed by atoms with van der Waals surface area (Å²) in [7, 11) is 0. The Labute approximate surface area is 214 Å². The van der Waals surface area contributed by atoms with E-state index >= 15 is 4.39 Å². The molecule has 1 aromatic heterocycles. The molecular formula is C23H26F4N6O3S. The Balaban J connectivity index is 1.86. The van der Waals surface area contributed by atoms with Crippen LogP contribution in [0.5, 0.6) is 5.88 Å². The number of hydrogen-bond donors (Lipinski definition) is 3. The topological polar surface area (TPSA) is 132 Å². The van der Waals surface area contributed by atoms with Gasteiger partial charge < -0.3 is 21.1 Å². The fourth-order valence-corrected chi connectivity index (χ4v) is 5.15. The first-order valence-electron chi connectivity index (χ1n) is 11.1. The largest absolute Gasteiger partial charge is 0.467 e. The SMILES string of the molecule is CCNC(=O)[C@@]1(C)SC(N)=N[C@](C)(c2cc(NC(=O)c3cnc(OCC(F)(F)F)cn3)ccc2F)[C@@H]1C. The lowest BCUT2D eigenvalue weighted by atomic mass is 9.73. The third-order valence-electron chi connectivity index (χ3n) is 6.13. The molecule has 9 nitrogen and oxygen atoms in total. The van der Waals surface area contributed by atoms with Gasteiger partial charge in [-0.25, -0.2) is 14.4 Å². The van der Waals surface area contributed by atoms with Crippen LogP contribution in [0.15, 0.2) is 35.6 Å². The first-order valence-corrected chi connectivity index (χ1v) is 12.0. The molecule has 2 aromatic rings. The number of rotatable bonds is 7. The number of anilines is 1. The van der Waals surface area contributed by atoms with Gasteiger partial charge in [0.25, 0.3) is 5.91 Å². The zero-order valence-corrected chi connectivity index (χ0v) is 21.3. The number of nitrogens with two attached hydrogens (primary N) is 1. The minimum Gasteiger partial charge on any atom is -0.467 e. The van der Waals surface area contributed by atoms with Gasteiger partial charge in [-0.3, -0.25) is 14.6 Å². The summed E-state index contributed by atoms with van der Waals surface area (Å²) in [5, 5.41) is 5.46.